The first-order chi connectivity index (χ1) is 21.3. The molecule has 242 valence electrons. The average molecular weight is 610 g/mol. The average Bonchev–Trinajstić information content (AvgIpc) is 3.02. The lowest BCUT2D eigenvalue weighted by molar-refractivity contribution is -0.184. The highest BCUT2D eigenvalue weighted by molar-refractivity contribution is 5.79. The molecule has 3 fully saturated rings. The number of fused-ring (bicyclic) bond motifs is 8. The Balaban J connectivity index is 1.28. The molecule has 5 heteroatoms. The molecule has 5 aliphatic rings. The number of aromatic nitrogens is 2. The van der Waals surface area contributed by atoms with Gasteiger partial charge in [-0.1, -0.05) is 90.4 Å². The van der Waals surface area contributed by atoms with Crippen LogP contribution in [0.5, 0.6) is 0 Å². The Morgan fingerprint density at radius 3 is 2.44 bits per heavy atom. The minimum Gasteiger partial charge on any atom is -0.460 e. The third-order valence-corrected chi connectivity index (χ3v) is 15.1. The summed E-state index contributed by atoms with van der Waals surface area (Å²) in [5.74, 6) is 3.48. The molecule has 1 aromatic heterocycles. The van der Waals surface area contributed by atoms with Gasteiger partial charge in [-0.3, -0.25) is 4.79 Å². The summed E-state index contributed by atoms with van der Waals surface area (Å²) in [6.07, 6.45) is 13.0. The maximum absolute atomic E-state index is 14.3. The Bertz CT molecular complexity index is 1520. The Morgan fingerprint density at radius 1 is 0.956 bits per heavy atom. The van der Waals surface area contributed by atoms with E-state index in [1.54, 1.807) is 11.9 Å². The fourth-order valence-electron chi connectivity index (χ4n) is 12.4. The van der Waals surface area contributed by atoms with Crippen LogP contribution < -0.4 is 5.32 Å². The highest BCUT2D eigenvalue weighted by Crippen LogP contribution is 2.75. The molecule has 0 spiro atoms. The van der Waals surface area contributed by atoms with Crippen LogP contribution in [0.2, 0.25) is 0 Å². The molecular weight excluding hydrogens is 554 g/mol. The van der Waals surface area contributed by atoms with Gasteiger partial charge in [0, 0.05) is 18.0 Å². The van der Waals surface area contributed by atoms with Crippen molar-refractivity contribution in [2.24, 2.45) is 51.2 Å². The molecule has 0 bridgehead atoms. The third-order valence-electron chi connectivity index (χ3n) is 15.1. The highest BCUT2D eigenvalue weighted by atomic mass is 16.5. The number of nitrogens with one attached hydrogen (secondary N) is 1. The number of ether oxygens (including phenoxy) is 1. The van der Waals surface area contributed by atoms with E-state index in [9.17, 15) is 4.79 Å². The number of carbonyl (C=O) groups is 1. The van der Waals surface area contributed by atoms with Crippen molar-refractivity contribution in [3.05, 3.63) is 65.1 Å². The molecule has 0 amide bonds. The molecule has 2 aromatic rings. The largest absolute Gasteiger partial charge is 0.460 e. The summed E-state index contributed by atoms with van der Waals surface area (Å²) in [7, 11) is 2.00. The van der Waals surface area contributed by atoms with Crippen molar-refractivity contribution < 1.29 is 9.53 Å². The predicted octanol–water partition coefficient (Wildman–Crippen LogP) is 8.93. The molecule has 3 saturated carbocycles. The number of hydrogen-bond acceptors (Lipinski definition) is 5. The van der Waals surface area contributed by atoms with Crippen molar-refractivity contribution in [2.45, 2.75) is 112 Å². The SMILES string of the molecule is CNc1ncnc2c1C[C@]1(C)[C@H]3CC=C4[C@@H]5[C@@H](C)[C@H](C)CC[C@]5(C(=O)OCc5ccccc5)CC[C@@]4(C)[C@]3(C)CC[C@H]1C2(C)C. The van der Waals surface area contributed by atoms with Crippen molar-refractivity contribution in [1.29, 1.82) is 0 Å². The summed E-state index contributed by atoms with van der Waals surface area (Å²) in [4.78, 5) is 23.9. The van der Waals surface area contributed by atoms with Crippen molar-refractivity contribution in [2.75, 3.05) is 12.4 Å². The number of anilines is 1. The molecular formula is C40H55N3O2. The van der Waals surface area contributed by atoms with Gasteiger partial charge in [0.05, 0.1) is 11.1 Å². The molecule has 9 atom stereocenters. The molecule has 5 nitrogen and oxygen atoms in total. The maximum atomic E-state index is 14.3. The third kappa shape index (κ3) is 4.13. The van der Waals surface area contributed by atoms with Gasteiger partial charge in [0.15, 0.2) is 0 Å². The molecule has 1 aromatic carbocycles. The summed E-state index contributed by atoms with van der Waals surface area (Å²) in [5.41, 5.74) is 5.16. The van der Waals surface area contributed by atoms with E-state index >= 15 is 0 Å². The van der Waals surface area contributed by atoms with Gasteiger partial charge in [-0.15, -0.1) is 0 Å². The van der Waals surface area contributed by atoms with Crippen LogP contribution in [0.3, 0.4) is 0 Å². The van der Waals surface area contributed by atoms with Crippen molar-refractivity contribution in [1.82, 2.24) is 9.97 Å². The van der Waals surface area contributed by atoms with Gasteiger partial charge in [0.1, 0.15) is 18.8 Å². The highest BCUT2D eigenvalue weighted by Gasteiger charge is 2.69. The quantitative estimate of drug-likeness (QED) is 0.277. The topological polar surface area (TPSA) is 64.1 Å². The lowest BCUT2D eigenvalue weighted by Crippen LogP contribution is -2.65. The molecule has 1 heterocycles. The summed E-state index contributed by atoms with van der Waals surface area (Å²) >= 11 is 0. The molecule has 0 unspecified atom stereocenters. The second-order valence-electron chi connectivity index (χ2n) is 17.1. The summed E-state index contributed by atoms with van der Waals surface area (Å²) in [5, 5.41) is 3.41. The zero-order valence-electron chi connectivity index (χ0n) is 29.0. The van der Waals surface area contributed by atoms with E-state index in [1.807, 2.05) is 25.2 Å². The number of esters is 1. The number of carbonyl (C=O) groups excluding carboxylic acids is 1. The van der Waals surface area contributed by atoms with Crippen LogP contribution in [-0.4, -0.2) is 23.0 Å². The van der Waals surface area contributed by atoms with Crippen LogP contribution in [0.1, 0.15) is 110 Å². The first-order valence-corrected chi connectivity index (χ1v) is 17.8. The maximum Gasteiger partial charge on any atom is 0.313 e. The van der Waals surface area contributed by atoms with Gasteiger partial charge in [-0.25, -0.2) is 9.97 Å². The number of hydrogen-bond donors (Lipinski definition) is 1. The second-order valence-corrected chi connectivity index (χ2v) is 17.1. The zero-order valence-corrected chi connectivity index (χ0v) is 29.0. The monoisotopic (exact) mass is 609 g/mol. The van der Waals surface area contributed by atoms with E-state index in [-0.39, 0.29) is 33.5 Å². The number of nitrogens with zero attached hydrogens (tertiary/aromatic N) is 2. The summed E-state index contributed by atoms with van der Waals surface area (Å²) in [6.45, 7) is 18.0. The Morgan fingerprint density at radius 2 is 1.71 bits per heavy atom. The summed E-state index contributed by atoms with van der Waals surface area (Å²) < 4.78 is 6.24. The fourth-order valence-corrected chi connectivity index (χ4v) is 12.4. The van der Waals surface area contributed by atoms with Gasteiger partial charge < -0.3 is 10.1 Å². The van der Waals surface area contributed by atoms with Crippen molar-refractivity contribution in [3.8, 4) is 0 Å². The molecule has 0 saturated heterocycles. The van der Waals surface area contributed by atoms with Crippen LogP contribution in [0.15, 0.2) is 48.3 Å². The normalized spacial score (nSPS) is 41.2. The predicted molar refractivity (Wildman–Crippen MR) is 181 cm³/mol. The van der Waals surface area contributed by atoms with Crippen LogP contribution in [0.25, 0.3) is 0 Å². The molecule has 0 aliphatic heterocycles. The molecule has 7 rings (SSSR count). The van der Waals surface area contributed by atoms with Gasteiger partial charge in [0.25, 0.3) is 0 Å². The van der Waals surface area contributed by atoms with Crippen LogP contribution in [-0.2, 0) is 28.0 Å². The lowest BCUT2D eigenvalue weighted by Gasteiger charge is -2.71. The van der Waals surface area contributed by atoms with E-state index in [1.165, 1.54) is 24.1 Å². The lowest BCUT2D eigenvalue weighted by atomic mass is 9.33. The van der Waals surface area contributed by atoms with Crippen LogP contribution in [0.4, 0.5) is 5.82 Å². The second kappa shape index (κ2) is 10.4. The Labute approximate surface area is 271 Å². The molecule has 45 heavy (non-hydrogen) atoms. The van der Waals surface area contributed by atoms with Crippen molar-refractivity contribution in [3.63, 3.8) is 0 Å². The van der Waals surface area contributed by atoms with Crippen molar-refractivity contribution >= 4 is 11.8 Å². The minimum absolute atomic E-state index is 0.0132. The minimum atomic E-state index is -0.416. The van der Waals surface area contributed by atoms with Gasteiger partial charge in [-0.2, -0.15) is 0 Å². The Hall–Kier alpha value is -2.69. The van der Waals surface area contributed by atoms with E-state index in [0.717, 1.165) is 49.9 Å². The first-order valence-electron chi connectivity index (χ1n) is 17.8. The number of allylic oxidation sites excluding steroid dienone is 2. The number of rotatable bonds is 4. The summed E-state index contributed by atoms with van der Waals surface area (Å²) in [6, 6.07) is 10.2. The van der Waals surface area contributed by atoms with E-state index < -0.39 is 5.41 Å². The molecule has 1 N–H and O–H groups in total. The van der Waals surface area contributed by atoms with E-state index in [0.29, 0.717) is 30.3 Å². The zero-order chi connectivity index (χ0) is 32.0. The first kappa shape index (κ1) is 30.9. The number of benzene rings is 1. The van der Waals surface area contributed by atoms with E-state index in [4.69, 9.17) is 9.72 Å². The standard InChI is InChI=1S/C40H55N3O2/c1-25-16-19-40(35(44)45-23-27-12-10-9-11-13-27)21-20-38(6)29(32(40)26(25)2)14-15-31-37(5)22-28-33(42-24-43-34(28)41-8)36(3,4)30(37)17-18-39(31,38)7/h9-14,24-26,30-32H,15-23H2,1-8H3,(H,41,42,43)/t25-,26+,30+,31-,32+,37+,38-,39-,40+/m1/s1. The van der Waals surface area contributed by atoms with E-state index in [2.05, 4.69) is 77.0 Å². The Kier molecular flexibility index (Phi) is 7.15. The smallest absolute Gasteiger partial charge is 0.313 e. The van der Waals surface area contributed by atoms with Gasteiger partial charge in [0.2, 0.25) is 0 Å². The van der Waals surface area contributed by atoms with Crippen LogP contribution in [0, 0.1) is 51.2 Å². The molecule has 0 radical (unpaired) electrons. The van der Waals surface area contributed by atoms with Crippen LogP contribution >= 0.6 is 0 Å². The van der Waals surface area contributed by atoms with Gasteiger partial charge in [-0.05, 0) is 103 Å². The molecule has 5 aliphatic carbocycles. The fraction of sp³-hybridized carbons (Fsp3) is 0.675. The van der Waals surface area contributed by atoms with Gasteiger partial charge >= 0.3 is 5.97 Å².